The number of ether oxygens (including phenoxy) is 2. The summed E-state index contributed by atoms with van der Waals surface area (Å²) in [5.74, 6) is 1.78. The Morgan fingerprint density at radius 3 is 2.67 bits per heavy atom. The second kappa shape index (κ2) is 8.61. The van der Waals surface area contributed by atoms with Gasteiger partial charge in [0.25, 0.3) is 0 Å². The number of nitrogens with one attached hydrogen (secondary N) is 1. The standard InChI is InChI=1S/C21H17Cl2N5O2/c1-13-11-28(12-25-13)16-7-6-14(10-18(16)29-2)26-21-24-9-8-19(27-21)30-17-5-3-4-15(22)20(17)23/h3-12H,1-2H3,(H,24,26,27). The van der Waals surface area contributed by atoms with E-state index in [0.717, 1.165) is 17.1 Å². The van der Waals surface area contributed by atoms with Crippen LogP contribution in [0.15, 0.2) is 61.2 Å². The van der Waals surface area contributed by atoms with Crippen molar-refractivity contribution in [3.63, 3.8) is 0 Å². The van der Waals surface area contributed by atoms with Crippen molar-refractivity contribution in [2.24, 2.45) is 0 Å². The zero-order valence-corrected chi connectivity index (χ0v) is 17.6. The molecule has 0 aliphatic heterocycles. The van der Waals surface area contributed by atoms with Crippen LogP contribution in [0.1, 0.15) is 5.69 Å². The summed E-state index contributed by atoms with van der Waals surface area (Å²) < 4.78 is 13.2. The zero-order valence-electron chi connectivity index (χ0n) is 16.1. The van der Waals surface area contributed by atoms with Gasteiger partial charge in [-0.25, -0.2) is 9.97 Å². The molecule has 0 atom stereocenters. The van der Waals surface area contributed by atoms with Crippen molar-refractivity contribution in [1.82, 2.24) is 19.5 Å². The van der Waals surface area contributed by atoms with E-state index in [4.69, 9.17) is 32.7 Å². The van der Waals surface area contributed by atoms with Gasteiger partial charge >= 0.3 is 0 Å². The van der Waals surface area contributed by atoms with Crippen molar-refractivity contribution in [2.75, 3.05) is 12.4 Å². The van der Waals surface area contributed by atoms with Crippen molar-refractivity contribution in [1.29, 1.82) is 0 Å². The van der Waals surface area contributed by atoms with Crippen molar-refractivity contribution in [3.05, 3.63) is 76.9 Å². The molecule has 0 amide bonds. The van der Waals surface area contributed by atoms with Crippen LogP contribution in [0, 0.1) is 6.92 Å². The lowest BCUT2D eigenvalue weighted by molar-refractivity contribution is 0.413. The summed E-state index contributed by atoms with van der Waals surface area (Å²) in [5, 5.41) is 3.87. The van der Waals surface area contributed by atoms with E-state index in [9.17, 15) is 0 Å². The number of hydrogen-bond donors (Lipinski definition) is 1. The third-order valence-corrected chi connectivity index (χ3v) is 4.99. The molecule has 0 radical (unpaired) electrons. The Morgan fingerprint density at radius 1 is 1.03 bits per heavy atom. The first-order valence-electron chi connectivity index (χ1n) is 8.94. The maximum Gasteiger partial charge on any atom is 0.230 e. The summed E-state index contributed by atoms with van der Waals surface area (Å²) in [6.07, 6.45) is 5.25. The molecule has 2 aromatic heterocycles. The molecule has 0 aliphatic carbocycles. The fraction of sp³-hybridized carbons (Fsp3) is 0.0952. The average Bonchev–Trinajstić information content (AvgIpc) is 3.17. The topological polar surface area (TPSA) is 74.1 Å². The van der Waals surface area contributed by atoms with E-state index in [2.05, 4.69) is 20.3 Å². The van der Waals surface area contributed by atoms with Crippen molar-refractivity contribution in [3.8, 4) is 23.1 Å². The molecule has 0 spiro atoms. The fourth-order valence-electron chi connectivity index (χ4n) is 2.79. The maximum atomic E-state index is 6.18. The van der Waals surface area contributed by atoms with Gasteiger partial charge in [0.15, 0.2) is 0 Å². The summed E-state index contributed by atoms with van der Waals surface area (Å²) in [6, 6.07) is 12.5. The molecule has 2 heterocycles. The molecule has 4 aromatic rings. The van der Waals surface area contributed by atoms with E-state index >= 15 is 0 Å². The maximum absolute atomic E-state index is 6.18. The Balaban J connectivity index is 1.56. The quantitative estimate of drug-likeness (QED) is 0.406. The molecular formula is C21H17Cl2N5O2. The molecule has 1 N–H and O–H groups in total. The first kappa shape index (κ1) is 20.0. The van der Waals surface area contributed by atoms with E-state index in [0.29, 0.717) is 33.4 Å². The minimum absolute atomic E-state index is 0.322. The van der Waals surface area contributed by atoms with Crippen LogP contribution in [0.4, 0.5) is 11.6 Å². The third kappa shape index (κ3) is 4.32. The molecule has 9 heteroatoms. The molecule has 0 saturated carbocycles. The highest BCUT2D eigenvalue weighted by atomic mass is 35.5. The van der Waals surface area contributed by atoms with Crippen LogP contribution in [0.25, 0.3) is 5.69 Å². The normalized spacial score (nSPS) is 10.7. The number of hydrogen-bond acceptors (Lipinski definition) is 6. The summed E-state index contributed by atoms with van der Waals surface area (Å²) >= 11 is 12.2. The Bertz CT molecular complexity index is 1200. The van der Waals surface area contributed by atoms with Crippen LogP contribution in [0.5, 0.6) is 17.4 Å². The second-order valence-corrected chi connectivity index (χ2v) is 7.09. The lowest BCUT2D eigenvalue weighted by Gasteiger charge is -2.12. The number of methoxy groups -OCH3 is 1. The number of aromatic nitrogens is 4. The molecule has 2 aromatic carbocycles. The van der Waals surface area contributed by atoms with Crippen molar-refractivity contribution in [2.45, 2.75) is 6.92 Å². The molecule has 0 aliphatic rings. The van der Waals surface area contributed by atoms with Gasteiger partial charge in [-0.3, -0.25) is 0 Å². The number of imidazole rings is 1. The number of rotatable bonds is 6. The molecule has 0 bridgehead atoms. The Morgan fingerprint density at radius 2 is 1.90 bits per heavy atom. The van der Waals surface area contributed by atoms with Crippen LogP contribution >= 0.6 is 23.2 Å². The molecule has 152 valence electrons. The number of aryl methyl sites for hydroxylation is 1. The van der Waals surface area contributed by atoms with Crippen LogP contribution in [0.2, 0.25) is 10.0 Å². The molecule has 0 fully saturated rings. The third-order valence-electron chi connectivity index (χ3n) is 4.19. The van der Waals surface area contributed by atoms with Crippen LogP contribution < -0.4 is 14.8 Å². The van der Waals surface area contributed by atoms with Gasteiger partial charge in [-0.1, -0.05) is 29.3 Å². The molecule has 7 nitrogen and oxygen atoms in total. The summed E-state index contributed by atoms with van der Waals surface area (Å²) in [6.45, 7) is 1.93. The van der Waals surface area contributed by atoms with Gasteiger partial charge in [-0.15, -0.1) is 0 Å². The predicted molar refractivity (Wildman–Crippen MR) is 117 cm³/mol. The molecule has 4 rings (SSSR count). The fourth-order valence-corrected chi connectivity index (χ4v) is 3.12. The highest BCUT2D eigenvalue weighted by Gasteiger charge is 2.10. The van der Waals surface area contributed by atoms with Gasteiger partial charge in [-0.05, 0) is 31.2 Å². The van der Waals surface area contributed by atoms with Gasteiger partial charge in [0.1, 0.15) is 16.5 Å². The van der Waals surface area contributed by atoms with E-state index in [-0.39, 0.29) is 0 Å². The zero-order chi connectivity index (χ0) is 21.1. The van der Waals surface area contributed by atoms with Crippen molar-refractivity contribution >= 4 is 34.8 Å². The number of benzene rings is 2. The first-order chi connectivity index (χ1) is 14.5. The van der Waals surface area contributed by atoms with E-state index in [1.54, 1.807) is 43.9 Å². The summed E-state index contributed by atoms with van der Waals surface area (Å²) in [4.78, 5) is 12.9. The largest absolute Gasteiger partial charge is 0.494 e. The second-order valence-electron chi connectivity index (χ2n) is 6.31. The van der Waals surface area contributed by atoms with E-state index < -0.39 is 0 Å². The smallest absolute Gasteiger partial charge is 0.230 e. The summed E-state index contributed by atoms with van der Waals surface area (Å²) in [5.41, 5.74) is 2.55. The van der Waals surface area contributed by atoms with Gasteiger partial charge in [0, 0.05) is 30.2 Å². The number of halogens is 2. The molecule has 30 heavy (non-hydrogen) atoms. The number of nitrogens with zero attached hydrogens (tertiary/aromatic N) is 4. The van der Waals surface area contributed by atoms with Crippen LogP contribution in [0.3, 0.4) is 0 Å². The number of anilines is 2. The van der Waals surface area contributed by atoms with Gasteiger partial charge in [0.2, 0.25) is 11.8 Å². The van der Waals surface area contributed by atoms with Crippen molar-refractivity contribution < 1.29 is 9.47 Å². The SMILES string of the molecule is COc1cc(Nc2nccc(Oc3cccc(Cl)c3Cl)n2)ccc1-n1cnc(C)c1. The summed E-state index contributed by atoms with van der Waals surface area (Å²) in [7, 11) is 1.62. The molecule has 0 saturated heterocycles. The Labute approximate surface area is 183 Å². The van der Waals surface area contributed by atoms with Gasteiger partial charge < -0.3 is 19.4 Å². The van der Waals surface area contributed by atoms with Gasteiger partial charge in [-0.2, -0.15) is 4.98 Å². The Hall–Kier alpha value is -3.29. The van der Waals surface area contributed by atoms with Crippen LogP contribution in [-0.4, -0.2) is 26.6 Å². The average molecular weight is 442 g/mol. The highest BCUT2D eigenvalue weighted by Crippen LogP contribution is 2.34. The lowest BCUT2D eigenvalue weighted by atomic mass is 10.2. The van der Waals surface area contributed by atoms with Gasteiger partial charge in [0.05, 0.1) is 29.8 Å². The first-order valence-corrected chi connectivity index (χ1v) is 9.70. The monoisotopic (exact) mass is 441 g/mol. The van der Waals surface area contributed by atoms with E-state index in [1.165, 1.54) is 0 Å². The Kier molecular flexibility index (Phi) is 5.74. The minimum atomic E-state index is 0.322. The minimum Gasteiger partial charge on any atom is -0.494 e. The predicted octanol–water partition coefficient (Wildman–Crippen LogP) is 5.82. The van der Waals surface area contributed by atoms with E-state index in [1.807, 2.05) is 35.9 Å². The molecular weight excluding hydrogens is 425 g/mol. The van der Waals surface area contributed by atoms with Crippen LogP contribution in [-0.2, 0) is 0 Å². The molecule has 0 unspecified atom stereocenters. The lowest BCUT2D eigenvalue weighted by Crippen LogP contribution is -2.00. The highest BCUT2D eigenvalue weighted by molar-refractivity contribution is 6.42.